The molecule has 1 aromatic rings. The average molecular weight is 239 g/mol. The van der Waals surface area contributed by atoms with Crippen molar-refractivity contribution in [2.75, 3.05) is 26.2 Å². The summed E-state index contributed by atoms with van der Waals surface area (Å²) >= 11 is 0. The molecule has 0 aliphatic rings. The van der Waals surface area contributed by atoms with Crippen LogP contribution in [0.3, 0.4) is 0 Å². The summed E-state index contributed by atoms with van der Waals surface area (Å²) in [5.41, 5.74) is 0.428. The van der Waals surface area contributed by atoms with Crippen molar-refractivity contribution in [1.29, 1.82) is 0 Å². The molecule has 0 aromatic heterocycles. The van der Waals surface area contributed by atoms with E-state index in [-0.39, 0.29) is 31.2 Å². The number of Topliss-reactive ketones (excluding diaryl/α,β-unsaturated/α-hetero) is 1. The number of aliphatic hydroxyl groups is 1. The number of halogens is 1. The van der Waals surface area contributed by atoms with Gasteiger partial charge >= 0.3 is 0 Å². The summed E-state index contributed by atoms with van der Waals surface area (Å²) < 4.78 is 13.3. The molecule has 3 nitrogen and oxygen atoms in total. The van der Waals surface area contributed by atoms with Crippen LogP contribution in [0.1, 0.15) is 12.5 Å². The van der Waals surface area contributed by atoms with E-state index >= 15 is 0 Å². The highest BCUT2D eigenvalue weighted by atomic mass is 19.1. The molecule has 0 fully saturated rings. The van der Waals surface area contributed by atoms with Gasteiger partial charge in [0, 0.05) is 13.0 Å². The topological polar surface area (TPSA) is 40.5 Å². The molecule has 17 heavy (non-hydrogen) atoms. The van der Waals surface area contributed by atoms with Crippen molar-refractivity contribution < 1.29 is 14.3 Å². The second-order valence-corrected chi connectivity index (χ2v) is 3.90. The summed E-state index contributed by atoms with van der Waals surface area (Å²) in [6.07, 6.45) is 0.106. The quantitative estimate of drug-likeness (QED) is 0.778. The molecule has 0 saturated heterocycles. The molecule has 0 spiro atoms. The van der Waals surface area contributed by atoms with E-state index in [4.69, 9.17) is 5.11 Å². The molecule has 0 unspecified atom stereocenters. The molecule has 1 rings (SSSR count). The van der Waals surface area contributed by atoms with Crippen LogP contribution in [-0.4, -0.2) is 42.0 Å². The van der Waals surface area contributed by atoms with E-state index < -0.39 is 0 Å². The Balaban J connectivity index is 2.52. The van der Waals surface area contributed by atoms with Crippen molar-refractivity contribution in [3.05, 3.63) is 35.6 Å². The number of likely N-dealkylation sites (N-methyl/N-ethyl adjacent to an activating group) is 1. The zero-order valence-electron chi connectivity index (χ0n) is 10.0. The first kappa shape index (κ1) is 13.8. The highest BCUT2D eigenvalue weighted by Crippen LogP contribution is 2.07. The van der Waals surface area contributed by atoms with E-state index in [2.05, 4.69) is 0 Å². The lowest BCUT2D eigenvalue weighted by Crippen LogP contribution is -2.33. The summed E-state index contributed by atoms with van der Waals surface area (Å²) in [6.45, 7) is 3.38. The van der Waals surface area contributed by atoms with E-state index in [0.29, 0.717) is 18.7 Å². The lowest BCUT2D eigenvalue weighted by Gasteiger charge is -2.17. The number of hydrogen-bond acceptors (Lipinski definition) is 3. The van der Waals surface area contributed by atoms with Crippen molar-refractivity contribution in [3.8, 4) is 0 Å². The van der Waals surface area contributed by atoms with E-state index in [1.54, 1.807) is 18.2 Å². The number of aliphatic hydroxyl groups excluding tert-OH is 1. The smallest absolute Gasteiger partial charge is 0.151 e. The van der Waals surface area contributed by atoms with Gasteiger partial charge in [0.25, 0.3) is 0 Å². The minimum Gasteiger partial charge on any atom is -0.395 e. The number of carbonyl (C=O) groups excluding carboxylic acids is 1. The molecule has 94 valence electrons. The van der Waals surface area contributed by atoms with Crippen LogP contribution in [0, 0.1) is 5.82 Å². The van der Waals surface area contributed by atoms with E-state index in [9.17, 15) is 9.18 Å². The van der Waals surface area contributed by atoms with Crippen LogP contribution in [0.5, 0.6) is 0 Å². The summed E-state index contributed by atoms with van der Waals surface area (Å²) in [6, 6.07) is 6.30. The minimum absolute atomic E-state index is 0.0286. The molecule has 0 saturated carbocycles. The van der Waals surface area contributed by atoms with Crippen LogP contribution in [0.15, 0.2) is 24.3 Å². The number of ketones is 1. The highest BCUT2D eigenvalue weighted by Gasteiger charge is 2.11. The van der Waals surface area contributed by atoms with Crippen LogP contribution in [-0.2, 0) is 11.2 Å². The maximum absolute atomic E-state index is 13.3. The molecule has 4 heteroatoms. The summed E-state index contributed by atoms with van der Waals surface area (Å²) in [7, 11) is 0. The summed E-state index contributed by atoms with van der Waals surface area (Å²) in [4.78, 5) is 13.6. The predicted octanol–water partition coefficient (Wildman–Crippen LogP) is 1.25. The zero-order chi connectivity index (χ0) is 12.7. The third-order valence-corrected chi connectivity index (χ3v) is 2.61. The van der Waals surface area contributed by atoms with Crippen LogP contribution in [0.2, 0.25) is 0 Å². The molecule has 0 atom stereocenters. The maximum atomic E-state index is 13.3. The van der Waals surface area contributed by atoms with E-state index in [1.807, 2.05) is 11.8 Å². The number of rotatable bonds is 7. The monoisotopic (exact) mass is 239 g/mol. The van der Waals surface area contributed by atoms with Gasteiger partial charge in [-0.3, -0.25) is 9.69 Å². The molecule has 0 aliphatic heterocycles. The van der Waals surface area contributed by atoms with Gasteiger partial charge in [-0.2, -0.15) is 0 Å². The Morgan fingerprint density at radius 2 is 2.12 bits per heavy atom. The van der Waals surface area contributed by atoms with Gasteiger partial charge in [0.1, 0.15) is 5.82 Å². The third-order valence-electron chi connectivity index (χ3n) is 2.61. The first-order valence-electron chi connectivity index (χ1n) is 5.75. The second-order valence-electron chi connectivity index (χ2n) is 3.90. The SMILES string of the molecule is CCN(CCO)CC(=O)Cc1ccccc1F. The van der Waals surface area contributed by atoms with Crippen LogP contribution in [0.4, 0.5) is 4.39 Å². The Hall–Kier alpha value is -1.26. The minimum atomic E-state index is -0.342. The Morgan fingerprint density at radius 1 is 1.41 bits per heavy atom. The number of benzene rings is 1. The van der Waals surface area contributed by atoms with Crippen LogP contribution < -0.4 is 0 Å². The van der Waals surface area contributed by atoms with Gasteiger partial charge in [0.05, 0.1) is 13.2 Å². The molecule has 0 amide bonds. The van der Waals surface area contributed by atoms with Gasteiger partial charge in [0.2, 0.25) is 0 Å². The van der Waals surface area contributed by atoms with Gasteiger partial charge in [-0.05, 0) is 18.2 Å². The Kier molecular flexibility index (Phi) is 5.80. The fraction of sp³-hybridized carbons (Fsp3) is 0.462. The lowest BCUT2D eigenvalue weighted by atomic mass is 10.1. The third kappa shape index (κ3) is 4.63. The van der Waals surface area contributed by atoms with Gasteiger partial charge in [-0.25, -0.2) is 4.39 Å². The molecule has 0 radical (unpaired) electrons. The van der Waals surface area contributed by atoms with Crippen molar-refractivity contribution >= 4 is 5.78 Å². The number of hydrogen-bond donors (Lipinski definition) is 1. The molecule has 1 aromatic carbocycles. The van der Waals surface area contributed by atoms with Crippen LogP contribution in [0.25, 0.3) is 0 Å². The molecular formula is C13H18FNO2. The second kappa shape index (κ2) is 7.14. The van der Waals surface area contributed by atoms with Crippen LogP contribution >= 0.6 is 0 Å². The van der Waals surface area contributed by atoms with Crippen molar-refractivity contribution in [3.63, 3.8) is 0 Å². The number of nitrogens with zero attached hydrogens (tertiary/aromatic N) is 1. The van der Waals surface area contributed by atoms with Crippen molar-refractivity contribution in [1.82, 2.24) is 4.90 Å². The lowest BCUT2D eigenvalue weighted by molar-refractivity contribution is -0.119. The normalized spacial score (nSPS) is 10.8. The fourth-order valence-corrected chi connectivity index (χ4v) is 1.65. The molecule has 0 heterocycles. The van der Waals surface area contributed by atoms with Crippen molar-refractivity contribution in [2.45, 2.75) is 13.3 Å². The summed E-state index contributed by atoms with van der Waals surface area (Å²) in [5, 5.41) is 8.80. The maximum Gasteiger partial charge on any atom is 0.151 e. The van der Waals surface area contributed by atoms with Gasteiger partial charge in [0.15, 0.2) is 5.78 Å². The molecule has 0 aliphatic carbocycles. The standard InChI is InChI=1S/C13H18FNO2/c1-2-15(7-8-16)10-12(17)9-11-5-3-4-6-13(11)14/h3-6,16H,2,7-10H2,1H3. The largest absolute Gasteiger partial charge is 0.395 e. The highest BCUT2D eigenvalue weighted by molar-refractivity contribution is 5.82. The number of carbonyl (C=O) groups is 1. The molecule has 0 bridgehead atoms. The zero-order valence-corrected chi connectivity index (χ0v) is 10.0. The Labute approximate surface area is 101 Å². The van der Waals surface area contributed by atoms with Gasteiger partial charge in [-0.15, -0.1) is 0 Å². The van der Waals surface area contributed by atoms with Gasteiger partial charge < -0.3 is 5.11 Å². The van der Waals surface area contributed by atoms with Gasteiger partial charge in [-0.1, -0.05) is 25.1 Å². The van der Waals surface area contributed by atoms with E-state index in [1.165, 1.54) is 6.07 Å². The Morgan fingerprint density at radius 3 is 2.71 bits per heavy atom. The average Bonchev–Trinajstić information content (AvgIpc) is 2.31. The predicted molar refractivity (Wildman–Crippen MR) is 64.3 cm³/mol. The molecular weight excluding hydrogens is 221 g/mol. The summed E-state index contributed by atoms with van der Waals surface area (Å²) in [5.74, 6) is -0.378. The van der Waals surface area contributed by atoms with E-state index in [0.717, 1.165) is 0 Å². The Bertz CT molecular complexity index is 368. The fourth-order valence-electron chi connectivity index (χ4n) is 1.65. The first-order valence-corrected chi connectivity index (χ1v) is 5.75. The molecule has 1 N–H and O–H groups in total. The van der Waals surface area contributed by atoms with Crippen molar-refractivity contribution in [2.24, 2.45) is 0 Å². The first-order chi connectivity index (χ1) is 8.17.